The van der Waals surface area contributed by atoms with Gasteiger partial charge in [0.2, 0.25) is 0 Å². The summed E-state index contributed by atoms with van der Waals surface area (Å²) in [5, 5.41) is 5.80. The molecule has 0 radical (unpaired) electrons. The van der Waals surface area contributed by atoms with Crippen molar-refractivity contribution in [2.24, 2.45) is 0 Å². The normalized spacial score (nSPS) is 14.2. The van der Waals surface area contributed by atoms with E-state index in [0.717, 1.165) is 4.90 Å². The fourth-order valence-electron chi connectivity index (χ4n) is 3.32. The predicted octanol–water partition coefficient (Wildman–Crippen LogP) is 5.90. The monoisotopic (exact) mass is 547 g/mol. The summed E-state index contributed by atoms with van der Waals surface area (Å²) in [5.74, 6) is -1.44. The van der Waals surface area contributed by atoms with Crippen LogP contribution in [-0.2, 0) is 16.1 Å². The van der Waals surface area contributed by atoms with Crippen LogP contribution >= 0.6 is 34.8 Å². The number of urea groups is 1. The van der Waals surface area contributed by atoms with Gasteiger partial charge in [0.15, 0.2) is 6.61 Å². The molecule has 0 unspecified atom stereocenters. The SMILES string of the molecule is O=C(COc1ccc(/C=C2\NC(=O)N(Cc3ccc(Cl)c(Cl)c3)C2=O)cc1Cl)Nc1ccccc1F. The number of carbonyl (C=O) groups excluding carboxylic acids is 3. The van der Waals surface area contributed by atoms with Crippen LogP contribution in [0.2, 0.25) is 15.1 Å². The molecule has 11 heteroatoms. The molecule has 1 fully saturated rings. The molecule has 0 atom stereocenters. The minimum atomic E-state index is -0.579. The second-order valence-electron chi connectivity index (χ2n) is 7.63. The lowest BCUT2D eigenvalue weighted by molar-refractivity contribution is -0.123. The van der Waals surface area contributed by atoms with Crippen molar-refractivity contribution in [1.82, 2.24) is 10.2 Å². The molecule has 184 valence electrons. The third kappa shape index (κ3) is 5.96. The van der Waals surface area contributed by atoms with Crippen LogP contribution in [0.1, 0.15) is 11.1 Å². The van der Waals surface area contributed by atoms with Gasteiger partial charge in [-0.2, -0.15) is 0 Å². The number of anilines is 1. The van der Waals surface area contributed by atoms with Crippen LogP contribution < -0.4 is 15.4 Å². The summed E-state index contributed by atoms with van der Waals surface area (Å²) in [5.41, 5.74) is 1.26. The average Bonchev–Trinajstić information content (AvgIpc) is 3.09. The molecule has 36 heavy (non-hydrogen) atoms. The lowest BCUT2D eigenvalue weighted by atomic mass is 10.1. The quantitative estimate of drug-likeness (QED) is 0.284. The summed E-state index contributed by atoms with van der Waals surface area (Å²) in [6, 6.07) is 14.6. The van der Waals surface area contributed by atoms with Crippen molar-refractivity contribution in [3.05, 3.63) is 98.4 Å². The van der Waals surface area contributed by atoms with Crippen LogP contribution in [0.5, 0.6) is 5.75 Å². The summed E-state index contributed by atoms with van der Waals surface area (Å²) in [6.07, 6.45) is 1.47. The van der Waals surface area contributed by atoms with E-state index in [1.54, 1.807) is 30.3 Å². The lowest BCUT2D eigenvalue weighted by Crippen LogP contribution is -2.30. The minimum Gasteiger partial charge on any atom is -0.482 e. The van der Waals surface area contributed by atoms with E-state index in [0.29, 0.717) is 21.2 Å². The van der Waals surface area contributed by atoms with Gasteiger partial charge in [-0.25, -0.2) is 9.18 Å². The fraction of sp³-hybridized carbons (Fsp3) is 0.0800. The van der Waals surface area contributed by atoms with Gasteiger partial charge in [-0.1, -0.05) is 59.1 Å². The van der Waals surface area contributed by atoms with Crippen molar-refractivity contribution in [2.75, 3.05) is 11.9 Å². The second-order valence-corrected chi connectivity index (χ2v) is 8.86. The molecule has 3 aromatic carbocycles. The molecule has 0 aliphatic carbocycles. The number of nitrogens with zero attached hydrogens (tertiary/aromatic N) is 1. The average molecular weight is 549 g/mol. The highest BCUT2D eigenvalue weighted by molar-refractivity contribution is 6.42. The fourth-order valence-corrected chi connectivity index (χ4v) is 3.88. The van der Waals surface area contributed by atoms with Gasteiger partial charge in [-0.15, -0.1) is 0 Å². The number of hydrogen-bond donors (Lipinski definition) is 2. The maximum atomic E-state index is 13.7. The molecule has 1 aliphatic rings. The molecule has 0 bridgehead atoms. The summed E-state index contributed by atoms with van der Waals surface area (Å²) in [7, 11) is 0. The summed E-state index contributed by atoms with van der Waals surface area (Å²) < 4.78 is 19.1. The Labute approximate surface area is 220 Å². The molecule has 4 rings (SSSR count). The number of carbonyl (C=O) groups is 3. The van der Waals surface area contributed by atoms with E-state index in [4.69, 9.17) is 39.5 Å². The summed E-state index contributed by atoms with van der Waals surface area (Å²) in [6.45, 7) is -0.381. The van der Waals surface area contributed by atoms with E-state index in [1.165, 1.54) is 36.4 Å². The number of rotatable bonds is 7. The minimum absolute atomic E-state index is 0.0153. The zero-order chi connectivity index (χ0) is 25.8. The molecular weight excluding hydrogens is 532 g/mol. The number of hydrogen-bond acceptors (Lipinski definition) is 4. The molecule has 3 aromatic rings. The van der Waals surface area contributed by atoms with E-state index in [2.05, 4.69) is 10.6 Å². The summed E-state index contributed by atoms with van der Waals surface area (Å²) in [4.78, 5) is 38.2. The molecule has 0 saturated carbocycles. The van der Waals surface area contributed by atoms with E-state index in [9.17, 15) is 18.8 Å². The van der Waals surface area contributed by atoms with Gasteiger partial charge in [-0.3, -0.25) is 14.5 Å². The number of nitrogens with one attached hydrogen (secondary N) is 2. The molecule has 1 heterocycles. The van der Waals surface area contributed by atoms with Crippen LogP contribution in [0.3, 0.4) is 0 Å². The largest absolute Gasteiger partial charge is 0.482 e. The molecule has 7 nitrogen and oxygen atoms in total. The zero-order valence-corrected chi connectivity index (χ0v) is 20.6. The maximum absolute atomic E-state index is 13.7. The number of halogens is 4. The second kappa shape index (κ2) is 11.0. The molecular formula is C25H17Cl3FN3O4. The Kier molecular flexibility index (Phi) is 7.79. The van der Waals surface area contributed by atoms with Gasteiger partial charge >= 0.3 is 6.03 Å². The van der Waals surface area contributed by atoms with Crippen LogP contribution in [0.25, 0.3) is 6.08 Å². The third-order valence-corrected chi connectivity index (χ3v) is 6.10. The van der Waals surface area contributed by atoms with Crippen molar-refractivity contribution in [3.8, 4) is 5.75 Å². The first-order valence-corrected chi connectivity index (χ1v) is 11.6. The van der Waals surface area contributed by atoms with Crippen LogP contribution in [-0.4, -0.2) is 29.4 Å². The van der Waals surface area contributed by atoms with Crippen molar-refractivity contribution in [2.45, 2.75) is 6.54 Å². The first-order chi connectivity index (χ1) is 17.2. The molecule has 4 amide bonds. The Balaban J connectivity index is 1.39. The topological polar surface area (TPSA) is 87.7 Å². The number of para-hydroxylation sites is 1. The Morgan fingerprint density at radius 2 is 1.78 bits per heavy atom. The predicted molar refractivity (Wildman–Crippen MR) is 135 cm³/mol. The van der Waals surface area contributed by atoms with Gasteiger partial charge in [0, 0.05) is 0 Å². The molecule has 2 N–H and O–H groups in total. The van der Waals surface area contributed by atoms with Crippen LogP contribution in [0, 0.1) is 5.82 Å². The zero-order valence-electron chi connectivity index (χ0n) is 18.4. The highest BCUT2D eigenvalue weighted by atomic mass is 35.5. The first kappa shape index (κ1) is 25.5. The Morgan fingerprint density at radius 3 is 2.50 bits per heavy atom. The van der Waals surface area contributed by atoms with E-state index < -0.39 is 30.3 Å². The van der Waals surface area contributed by atoms with Gasteiger partial charge in [0.25, 0.3) is 11.8 Å². The van der Waals surface area contributed by atoms with Crippen LogP contribution in [0.15, 0.2) is 66.4 Å². The molecule has 1 saturated heterocycles. The van der Waals surface area contributed by atoms with Gasteiger partial charge in [-0.05, 0) is 53.6 Å². The van der Waals surface area contributed by atoms with E-state index >= 15 is 0 Å². The Morgan fingerprint density at radius 1 is 1.00 bits per heavy atom. The number of imide groups is 1. The van der Waals surface area contributed by atoms with Gasteiger partial charge < -0.3 is 15.4 Å². The highest BCUT2D eigenvalue weighted by Gasteiger charge is 2.33. The van der Waals surface area contributed by atoms with E-state index in [-0.39, 0.29) is 28.7 Å². The van der Waals surface area contributed by atoms with Gasteiger partial charge in [0.1, 0.15) is 17.3 Å². The lowest BCUT2D eigenvalue weighted by Gasteiger charge is -2.12. The Bertz CT molecular complexity index is 1400. The van der Waals surface area contributed by atoms with Crippen LogP contribution in [0.4, 0.5) is 14.9 Å². The third-order valence-electron chi connectivity index (χ3n) is 5.06. The van der Waals surface area contributed by atoms with Gasteiger partial charge in [0.05, 0.1) is 27.3 Å². The van der Waals surface area contributed by atoms with Crippen molar-refractivity contribution in [3.63, 3.8) is 0 Å². The van der Waals surface area contributed by atoms with E-state index in [1.807, 2.05) is 0 Å². The smallest absolute Gasteiger partial charge is 0.329 e. The standard InChI is InChI=1S/C25H17Cl3FN3O4/c26-16-7-5-15(10-17(16)27)12-32-24(34)21(31-25(32)35)11-14-6-8-22(18(28)9-14)36-13-23(33)30-20-4-2-1-3-19(20)29/h1-11H,12-13H2,(H,30,33)(H,31,35)/b21-11-. The van der Waals surface area contributed by atoms with Crippen molar-refractivity contribution in [1.29, 1.82) is 0 Å². The Hall–Kier alpha value is -3.59. The number of benzene rings is 3. The number of ether oxygens (including phenoxy) is 1. The summed E-state index contributed by atoms with van der Waals surface area (Å²) >= 11 is 18.2. The molecule has 1 aliphatic heterocycles. The molecule has 0 spiro atoms. The number of amides is 4. The van der Waals surface area contributed by atoms with Crippen molar-refractivity contribution < 1.29 is 23.5 Å². The maximum Gasteiger partial charge on any atom is 0.329 e. The van der Waals surface area contributed by atoms with Crippen molar-refractivity contribution >= 4 is 64.4 Å². The highest BCUT2D eigenvalue weighted by Crippen LogP contribution is 2.28. The first-order valence-electron chi connectivity index (χ1n) is 10.5. The molecule has 0 aromatic heterocycles.